The number of carbonyl (C=O) groups is 2. The average molecular weight is 370 g/mol. The number of aliphatic carboxylic acids is 1. The SMILES string of the molecule is O=C(O)[C@H]1CN(C(=O)Cc2ccc(F)c(Br)c2)C[C@@H]1C1CC1. The van der Waals surface area contributed by atoms with E-state index in [0.717, 1.165) is 18.4 Å². The van der Waals surface area contributed by atoms with Gasteiger partial charge in [-0.2, -0.15) is 0 Å². The molecule has 1 aliphatic heterocycles. The first-order chi connectivity index (χ1) is 10.5. The fraction of sp³-hybridized carbons (Fsp3) is 0.500. The Kier molecular flexibility index (Phi) is 4.21. The summed E-state index contributed by atoms with van der Waals surface area (Å²) in [5, 5.41) is 9.33. The third kappa shape index (κ3) is 3.16. The fourth-order valence-electron chi connectivity index (χ4n) is 3.23. The first kappa shape index (κ1) is 15.5. The minimum absolute atomic E-state index is 0.0846. The molecule has 0 spiro atoms. The lowest BCUT2D eigenvalue weighted by molar-refractivity contribution is -0.142. The number of halogens is 2. The van der Waals surface area contributed by atoms with Gasteiger partial charge in [0, 0.05) is 13.1 Å². The molecule has 118 valence electrons. The second kappa shape index (κ2) is 5.99. The molecule has 1 aromatic rings. The molecule has 1 N–H and O–H groups in total. The van der Waals surface area contributed by atoms with E-state index in [9.17, 15) is 19.1 Å². The van der Waals surface area contributed by atoms with Crippen LogP contribution in [-0.2, 0) is 16.0 Å². The Balaban J connectivity index is 1.67. The highest BCUT2D eigenvalue weighted by atomic mass is 79.9. The maximum Gasteiger partial charge on any atom is 0.308 e. The zero-order valence-electron chi connectivity index (χ0n) is 12.0. The van der Waals surface area contributed by atoms with Gasteiger partial charge in [0.25, 0.3) is 0 Å². The van der Waals surface area contributed by atoms with Gasteiger partial charge in [0.1, 0.15) is 5.82 Å². The molecule has 1 aromatic carbocycles. The van der Waals surface area contributed by atoms with Crippen LogP contribution in [0.4, 0.5) is 4.39 Å². The molecule has 6 heteroatoms. The van der Waals surface area contributed by atoms with Gasteiger partial charge in [0.05, 0.1) is 16.8 Å². The van der Waals surface area contributed by atoms with Gasteiger partial charge in [0.2, 0.25) is 5.91 Å². The summed E-state index contributed by atoms with van der Waals surface area (Å²) in [6.45, 7) is 0.820. The number of carboxylic acid groups (broad SMARTS) is 1. The molecule has 4 nitrogen and oxygen atoms in total. The van der Waals surface area contributed by atoms with Crippen LogP contribution in [0.25, 0.3) is 0 Å². The molecule has 0 radical (unpaired) electrons. The molecular weight excluding hydrogens is 353 g/mol. The van der Waals surface area contributed by atoms with Crippen molar-refractivity contribution in [2.45, 2.75) is 19.3 Å². The van der Waals surface area contributed by atoms with E-state index in [2.05, 4.69) is 15.9 Å². The minimum atomic E-state index is -0.809. The van der Waals surface area contributed by atoms with Crippen molar-refractivity contribution < 1.29 is 19.1 Å². The molecule has 2 fully saturated rings. The molecule has 0 bridgehead atoms. The summed E-state index contributed by atoms with van der Waals surface area (Å²) < 4.78 is 13.5. The highest BCUT2D eigenvalue weighted by molar-refractivity contribution is 9.10. The molecular formula is C16H17BrFNO3. The van der Waals surface area contributed by atoms with Crippen LogP contribution in [0.15, 0.2) is 22.7 Å². The number of hydrogen-bond donors (Lipinski definition) is 1. The summed E-state index contributed by atoms with van der Waals surface area (Å²) in [6.07, 6.45) is 2.31. The molecule has 22 heavy (non-hydrogen) atoms. The molecule has 3 rings (SSSR count). The number of rotatable bonds is 4. The molecule has 1 aliphatic carbocycles. The largest absolute Gasteiger partial charge is 0.481 e. The lowest BCUT2D eigenvalue weighted by atomic mass is 9.92. The zero-order chi connectivity index (χ0) is 15.9. The van der Waals surface area contributed by atoms with Gasteiger partial charge in [-0.3, -0.25) is 9.59 Å². The summed E-state index contributed by atoms with van der Waals surface area (Å²) >= 11 is 3.11. The van der Waals surface area contributed by atoms with E-state index in [1.54, 1.807) is 17.0 Å². The van der Waals surface area contributed by atoms with Crippen LogP contribution in [0.1, 0.15) is 18.4 Å². The third-order valence-corrected chi connectivity index (χ3v) is 5.21. The minimum Gasteiger partial charge on any atom is -0.481 e. The van der Waals surface area contributed by atoms with E-state index in [4.69, 9.17) is 0 Å². The van der Waals surface area contributed by atoms with Crippen molar-refractivity contribution in [3.63, 3.8) is 0 Å². The molecule has 2 aliphatic rings. The van der Waals surface area contributed by atoms with Crippen molar-refractivity contribution >= 4 is 27.8 Å². The topological polar surface area (TPSA) is 57.6 Å². The average Bonchev–Trinajstić information content (AvgIpc) is 3.21. The zero-order valence-corrected chi connectivity index (χ0v) is 13.6. The van der Waals surface area contributed by atoms with E-state index >= 15 is 0 Å². The molecule has 0 aromatic heterocycles. The quantitative estimate of drug-likeness (QED) is 0.887. The van der Waals surface area contributed by atoms with E-state index < -0.39 is 11.9 Å². The van der Waals surface area contributed by atoms with Crippen molar-refractivity contribution in [3.05, 3.63) is 34.1 Å². The Labute approximate surface area is 136 Å². The van der Waals surface area contributed by atoms with E-state index in [0.29, 0.717) is 16.9 Å². The Morgan fingerprint density at radius 1 is 1.32 bits per heavy atom. The van der Waals surface area contributed by atoms with Crippen molar-refractivity contribution in [3.8, 4) is 0 Å². The first-order valence-corrected chi connectivity index (χ1v) is 8.19. The van der Waals surface area contributed by atoms with Gasteiger partial charge in [-0.05, 0) is 58.3 Å². The molecule has 1 saturated carbocycles. The number of carboxylic acids is 1. The fourth-order valence-corrected chi connectivity index (χ4v) is 3.66. The van der Waals surface area contributed by atoms with E-state index in [1.165, 1.54) is 6.07 Å². The van der Waals surface area contributed by atoms with Crippen LogP contribution >= 0.6 is 15.9 Å². The lowest BCUT2D eigenvalue weighted by Crippen LogP contribution is -2.31. The molecule has 1 amide bonds. The second-order valence-electron chi connectivity index (χ2n) is 6.17. The number of carbonyl (C=O) groups excluding carboxylic acids is 1. The Morgan fingerprint density at radius 3 is 2.64 bits per heavy atom. The number of nitrogens with zero attached hydrogens (tertiary/aromatic N) is 1. The van der Waals surface area contributed by atoms with Crippen molar-refractivity contribution in [2.24, 2.45) is 17.8 Å². The van der Waals surface area contributed by atoms with Crippen molar-refractivity contribution in [1.29, 1.82) is 0 Å². The van der Waals surface area contributed by atoms with E-state index in [-0.39, 0.29) is 30.6 Å². The normalized spacial score (nSPS) is 24.5. The van der Waals surface area contributed by atoms with Crippen LogP contribution < -0.4 is 0 Å². The highest BCUT2D eigenvalue weighted by Gasteiger charge is 2.46. The van der Waals surface area contributed by atoms with Gasteiger partial charge in [-0.1, -0.05) is 6.07 Å². The highest BCUT2D eigenvalue weighted by Crippen LogP contribution is 2.44. The number of benzene rings is 1. The van der Waals surface area contributed by atoms with Gasteiger partial charge >= 0.3 is 5.97 Å². The second-order valence-corrected chi connectivity index (χ2v) is 7.02. The monoisotopic (exact) mass is 369 g/mol. The summed E-state index contributed by atoms with van der Waals surface area (Å²) in [7, 11) is 0. The Bertz CT molecular complexity index is 617. The number of hydrogen-bond acceptors (Lipinski definition) is 2. The predicted molar refractivity (Wildman–Crippen MR) is 81.7 cm³/mol. The predicted octanol–water partition coefficient (Wildman–Crippen LogP) is 2.70. The maximum absolute atomic E-state index is 13.2. The summed E-state index contributed by atoms with van der Waals surface area (Å²) in [6, 6.07) is 4.50. The van der Waals surface area contributed by atoms with Crippen LogP contribution in [-0.4, -0.2) is 35.0 Å². The molecule has 2 atom stereocenters. The van der Waals surface area contributed by atoms with Gasteiger partial charge in [0.15, 0.2) is 0 Å². The molecule has 1 heterocycles. The van der Waals surface area contributed by atoms with Crippen LogP contribution in [0, 0.1) is 23.6 Å². The van der Waals surface area contributed by atoms with Crippen LogP contribution in [0.2, 0.25) is 0 Å². The number of amides is 1. The van der Waals surface area contributed by atoms with E-state index in [1.807, 2.05) is 0 Å². The summed E-state index contributed by atoms with van der Waals surface area (Å²) in [4.78, 5) is 25.4. The number of likely N-dealkylation sites (tertiary alicyclic amines) is 1. The van der Waals surface area contributed by atoms with Crippen LogP contribution in [0.3, 0.4) is 0 Å². The Hall–Kier alpha value is -1.43. The smallest absolute Gasteiger partial charge is 0.308 e. The molecule has 0 unspecified atom stereocenters. The third-order valence-electron chi connectivity index (χ3n) is 4.60. The summed E-state index contributed by atoms with van der Waals surface area (Å²) in [5.74, 6) is -1.17. The Morgan fingerprint density at radius 2 is 2.05 bits per heavy atom. The first-order valence-electron chi connectivity index (χ1n) is 7.40. The van der Waals surface area contributed by atoms with Crippen molar-refractivity contribution in [2.75, 3.05) is 13.1 Å². The standard InChI is InChI=1S/C16H17BrFNO3/c17-13-5-9(1-4-14(13)18)6-15(20)19-7-11(10-2-3-10)12(8-19)16(21)22/h1,4-5,10-12H,2-3,6-8H2,(H,21,22)/t11-,12+/m1/s1. The van der Waals surface area contributed by atoms with Gasteiger partial charge in [-0.25, -0.2) is 4.39 Å². The van der Waals surface area contributed by atoms with Gasteiger partial charge < -0.3 is 10.0 Å². The van der Waals surface area contributed by atoms with Gasteiger partial charge in [-0.15, -0.1) is 0 Å². The molecule has 1 saturated heterocycles. The van der Waals surface area contributed by atoms with Crippen molar-refractivity contribution in [1.82, 2.24) is 4.90 Å². The lowest BCUT2D eigenvalue weighted by Gasteiger charge is -2.16. The maximum atomic E-state index is 13.2. The van der Waals surface area contributed by atoms with Crippen LogP contribution in [0.5, 0.6) is 0 Å². The summed E-state index contributed by atoms with van der Waals surface area (Å²) in [5.41, 5.74) is 0.722.